The van der Waals surface area contributed by atoms with Gasteiger partial charge in [-0.2, -0.15) is 0 Å². The minimum atomic E-state index is 0.596. The van der Waals surface area contributed by atoms with Crippen LogP contribution in [0.2, 0.25) is 0 Å². The zero-order valence-electron chi connectivity index (χ0n) is 18.4. The Labute approximate surface area is 200 Å². The van der Waals surface area contributed by atoms with Crippen molar-refractivity contribution in [3.8, 4) is 11.5 Å². The van der Waals surface area contributed by atoms with E-state index in [9.17, 15) is 0 Å². The first kappa shape index (κ1) is 21.9. The maximum Gasteiger partial charge on any atom is 0.161 e. The van der Waals surface area contributed by atoms with Crippen LogP contribution in [0.4, 0.5) is 11.5 Å². The number of nitrogens with zero attached hydrogens (tertiary/aromatic N) is 3. The number of hydrogen-bond acceptors (Lipinski definition) is 7. The van der Waals surface area contributed by atoms with Gasteiger partial charge in [0.2, 0.25) is 0 Å². The van der Waals surface area contributed by atoms with Crippen LogP contribution in [0.25, 0.3) is 21.7 Å². The summed E-state index contributed by atoms with van der Waals surface area (Å²) in [5, 5.41) is 6.41. The van der Waals surface area contributed by atoms with Crippen molar-refractivity contribution in [1.29, 1.82) is 0 Å². The van der Waals surface area contributed by atoms with E-state index in [1.54, 1.807) is 13.4 Å². The van der Waals surface area contributed by atoms with Crippen molar-refractivity contribution in [2.24, 2.45) is 0 Å². The normalized spacial score (nSPS) is 14.5. The van der Waals surface area contributed by atoms with Crippen LogP contribution in [-0.2, 0) is 4.74 Å². The molecule has 0 amide bonds. The molecule has 0 atom stereocenters. The van der Waals surface area contributed by atoms with Crippen molar-refractivity contribution < 1.29 is 14.2 Å². The number of morpholine rings is 1. The van der Waals surface area contributed by atoms with Gasteiger partial charge in [-0.1, -0.05) is 22.0 Å². The summed E-state index contributed by atoms with van der Waals surface area (Å²) in [6.45, 7) is 4.91. The van der Waals surface area contributed by atoms with Crippen LogP contribution in [-0.4, -0.2) is 61.4 Å². The second-order valence-electron chi connectivity index (χ2n) is 7.88. The molecule has 1 aliphatic heterocycles. The molecular weight excluding hydrogens is 484 g/mol. The topological polar surface area (TPSA) is 68.7 Å². The quantitative estimate of drug-likeness (QED) is 0.352. The van der Waals surface area contributed by atoms with Crippen LogP contribution in [0.5, 0.6) is 11.5 Å². The average Bonchev–Trinajstić information content (AvgIpc) is 2.83. The Balaban J connectivity index is 1.43. The Hall–Kier alpha value is -2.94. The highest BCUT2D eigenvalue weighted by molar-refractivity contribution is 9.10. The lowest BCUT2D eigenvalue weighted by molar-refractivity contribution is 0.0321. The van der Waals surface area contributed by atoms with Crippen LogP contribution in [0, 0.1) is 0 Å². The lowest BCUT2D eigenvalue weighted by Gasteiger charge is -2.26. The number of fused-ring (bicyclic) bond motifs is 2. The van der Waals surface area contributed by atoms with Crippen LogP contribution < -0.4 is 14.8 Å². The zero-order chi connectivity index (χ0) is 22.6. The van der Waals surface area contributed by atoms with Gasteiger partial charge in [-0.15, -0.1) is 0 Å². The number of ether oxygens (including phenoxy) is 3. The van der Waals surface area contributed by atoms with E-state index in [0.717, 1.165) is 76.3 Å². The molecule has 1 aromatic heterocycles. The summed E-state index contributed by atoms with van der Waals surface area (Å²) in [4.78, 5) is 11.3. The molecule has 5 rings (SSSR count). The van der Waals surface area contributed by atoms with E-state index in [0.29, 0.717) is 12.4 Å². The van der Waals surface area contributed by atoms with Crippen molar-refractivity contribution in [3.05, 3.63) is 59.3 Å². The van der Waals surface area contributed by atoms with Crippen molar-refractivity contribution in [2.45, 2.75) is 0 Å². The van der Waals surface area contributed by atoms with Gasteiger partial charge in [-0.3, -0.25) is 4.90 Å². The van der Waals surface area contributed by atoms with E-state index < -0.39 is 0 Å². The Morgan fingerprint density at radius 1 is 1.03 bits per heavy atom. The molecule has 0 spiro atoms. The van der Waals surface area contributed by atoms with Gasteiger partial charge >= 0.3 is 0 Å². The number of aromatic nitrogens is 2. The Bertz CT molecular complexity index is 1280. The molecule has 0 unspecified atom stereocenters. The summed E-state index contributed by atoms with van der Waals surface area (Å²) in [5.74, 6) is 2.20. The third-order valence-electron chi connectivity index (χ3n) is 5.73. The van der Waals surface area contributed by atoms with E-state index in [1.807, 2.05) is 36.4 Å². The van der Waals surface area contributed by atoms with Crippen LogP contribution in [0.1, 0.15) is 0 Å². The van der Waals surface area contributed by atoms with Gasteiger partial charge in [-0.25, -0.2) is 9.97 Å². The molecule has 0 bridgehead atoms. The van der Waals surface area contributed by atoms with Crippen molar-refractivity contribution in [2.75, 3.05) is 51.9 Å². The summed E-state index contributed by atoms with van der Waals surface area (Å²) in [7, 11) is 1.67. The maximum atomic E-state index is 6.11. The smallest absolute Gasteiger partial charge is 0.161 e. The zero-order valence-corrected chi connectivity index (χ0v) is 20.0. The molecule has 2 heterocycles. The van der Waals surface area contributed by atoms with Gasteiger partial charge in [0, 0.05) is 35.2 Å². The molecule has 170 valence electrons. The first-order valence-electron chi connectivity index (χ1n) is 10.9. The van der Waals surface area contributed by atoms with Crippen molar-refractivity contribution in [3.63, 3.8) is 0 Å². The molecule has 0 radical (unpaired) electrons. The second-order valence-corrected chi connectivity index (χ2v) is 8.80. The predicted octanol–water partition coefficient (Wildman–Crippen LogP) is 5.01. The number of benzene rings is 3. The molecule has 33 heavy (non-hydrogen) atoms. The summed E-state index contributed by atoms with van der Waals surface area (Å²) in [6.07, 6.45) is 1.58. The Morgan fingerprint density at radius 3 is 2.67 bits per heavy atom. The molecule has 4 aromatic rings. The molecule has 8 heteroatoms. The molecule has 1 N–H and O–H groups in total. The monoisotopic (exact) mass is 508 g/mol. The maximum absolute atomic E-state index is 6.11. The second kappa shape index (κ2) is 9.91. The van der Waals surface area contributed by atoms with E-state index in [1.165, 1.54) is 0 Å². The molecule has 0 aliphatic carbocycles. The first-order chi connectivity index (χ1) is 16.2. The minimum Gasteiger partial charge on any atom is -0.493 e. The molecule has 3 aromatic carbocycles. The van der Waals surface area contributed by atoms with Gasteiger partial charge < -0.3 is 19.5 Å². The minimum absolute atomic E-state index is 0.596. The summed E-state index contributed by atoms with van der Waals surface area (Å²) in [5.41, 5.74) is 1.81. The van der Waals surface area contributed by atoms with Crippen LogP contribution in [0.3, 0.4) is 0 Å². The molecular formula is C25H25BrN4O3. The highest BCUT2D eigenvalue weighted by atomic mass is 79.9. The van der Waals surface area contributed by atoms with Gasteiger partial charge in [0.15, 0.2) is 11.5 Å². The van der Waals surface area contributed by atoms with Gasteiger partial charge in [-0.05, 0) is 53.2 Å². The number of halogens is 1. The summed E-state index contributed by atoms with van der Waals surface area (Å²) >= 11 is 3.51. The van der Waals surface area contributed by atoms with E-state index in [2.05, 4.69) is 48.2 Å². The number of anilines is 2. The summed E-state index contributed by atoms with van der Waals surface area (Å²) < 4.78 is 18.2. The molecule has 1 aliphatic rings. The molecule has 0 saturated carbocycles. The molecule has 1 saturated heterocycles. The lowest BCUT2D eigenvalue weighted by atomic mass is 10.1. The highest BCUT2D eigenvalue weighted by Crippen LogP contribution is 2.35. The standard InChI is InChI=1S/C25H25BrN4O3/c1-31-23-13-17-11-21-22(27-16-28-25(21)29-20-4-2-3-19(26)15-20)12-18(17)14-24(23)33-10-7-30-5-8-32-9-6-30/h2-4,11-16H,5-10H2,1H3,(H,27,28,29). The molecule has 1 fully saturated rings. The first-order valence-corrected chi connectivity index (χ1v) is 11.7. The van der Waals surface area contributed by atoms with Crippen LogP contribution >= 0.6 is 15.9 Å². The molecule has 7 nitrogen and oxygen atoms in total. The van der Waals surface area contributed by atoms with Gasteiger partial charge in [0.25, 0.3) is 0 Å². The predicted molar refractivity (Wildman–Crippen MR) is 134 cm³/mol. The Kier molecular flexibility index (Phi) is 6.57. The SMILES string of the molecule is COc1cc2cc3c(Nc4cccc(Br)c4)ncnc3cc2cc1OCCN1CCOCC1. The Morgan fingerprint density at radius 2 is 1.85 bits per heavy atom. The fraction of sp³-hybridized carbons (Fsp3) is 0.280. The highest BCUT2D eigenvalue weighted by Gasteiger charge is 2.13. The van der Waals surface area contributed by atoms with Gasteiger partial charge in [0.05, 0.1) is 25.8 Å². The summed E-state index contributed by atoms with van der Waals surface area (Å²) in [6, 6.07) is 16.2. The number of nitrogens with one attached hydrogen (secondary N) is 1. The van der Waals surface area contributed by atoms with E-state index in [-0.39, 0.29) is 0 Å². The van der Waals surface area contributed by atoms with Crippen molar-refractivity contribution >= 4 is 49.1 Å². The fourth-order valence-electron chi connectivity index (χ4n) is 4.00. The average molecular weight is 509 g/mol. The largest absolute Gasteiger partial charge is 0.493 e. The number of hydrogen-bond donors (Lipinski definition) is 1. The fourth-order valence-corrected chi connectivity index (χ4v) is 4.39. The third kappa shape index (κ3) is 5.03. The number of methoxy groups -OCH3 is 1. The van der Waals surface area contributed by atoms with E-state index in [4.69, 9.17) is 14.2 Å². The lowest BCUT2D eigenvalue weighted by Crippen LogP contribution is -2.38. The number of rotatable bonds is 7. The third-order valence-corrected chi connectivity index (χ3v) is 6.23. The van der Waals surface area contributed by atoms with Gasteiger partial charge in [0.1, 0.15) is 18.8 Å². The van der Waals surface area contributed by atoms with Crippen molar-refractivity contribution in [1.82, 2.24) is 14.9 Å². The van der Waals surface area contributed by atoms with Crippen LogP contribution in [0.15, 0.2) is 59.3 Å². The van der Waals surface area contributed by atoms with E-state index >= 15 is 0 Å².